The Morgan fingerprint density at radius 1 is 1.50 bits per heavy atom. The van der Waals surface area contributed by atoms with E-state index < -0.39 is 18.6 Å². The quantitative estimate of drug-likeness (QED) is 0.723. The number of pyridine rings is 1. The van der Waals surface area contributed by atoms with Gasteiger partial charge in [-0.3, -0.25) is 4.79 Å². The summed E-state index contributed by atoms with van der Waals surface area (Å²) in [5.74, 6) is -1.02. The summed E-state index contributed by atoms with van der Waals surface area (Å²) in [6.07, 6.45) is 0.617. The Labute approximate surface area is 79.5 Å². The summed E-state index contributed by atoms with van der Waals surface area (Å²) in [6, 6.07) is 4.80. The number of rotatable bonds is 3. The number of nitrogens with one attached hydrogen (secondary N) is 1. The minimum absolute atomic E-state index is 0.121. The highest BCUT2D eigenvalue weighted by molar-refractivity contribution is 5.77. The zero-order valence-electron chi connectivity index (χ0n) is 7.14. The van der Waals surface area contributed by atoms with Crippen LogP contribution in [0.4, 0.5) is 4.79 Å². The number of carbonyl (C=O) groups is 2. The molecule has 0 spiro atoms. The van der Waals surface area contributed by atoms with E-state index >= 15 is 0 Å². The van der Waals surface area contributed by atoms with Crippen LogP contribution < -0.4 is 10.1 Å². The summed E-state index contributed by atoms with van der Waals surface area (Å²) < 4.78 is 4.64. The molecule has 0 unspecified atom stereocenters. The van der Waals surface area contributed by atoms with Crippen LogP contribution in [-0.2, 0) is 4.79 Å². The van der Waals surface area contributed by atoms with Crippen molar-refractivity contribution in [3.05, 3.63) is 24.4 Å². The Morgan fingerprint density at radius 3 is 2.86 bits per heavy atom. The average Bonchev–Trinajstić information content (AvgIpc) is 2.16. The molecule has 0 saturated heterocycles. The fourth-order valence-corrected chi connectivity index (χ4v) is 0.686. The molecule has 0 aliphatic rings. The first-order valence-electron chi connectivity index (χ1n) is 3.77. The van der Waals surface area contributed by atoms with Gasteiger partial charge in [0.1, 0.15) is 6.54 Å². The second-order valence-corrected chi connectivity index (χ2v) is 2.30. The number of amides is 1. The molecule has 0 radical (unpaired) electrons. The molecule has 0 aliphatic heterocycles. The predicted molar refractivity (Wildman–Crippen MR) is 45.9 cm³/mol. The van der Waals surface area contributed by atoms with Crippen LogP contribution >= 0.6 is 0 Å². The van der Waals surface area contributed by atoms with Gasteiger partial charge in [-0.15, -0.1) is 0 Å². The highest BCUT2D eigenvalue weighted by Gasteiger charge is 2.05. The van der Waals surface area contributed by atoms with Crippen molar-refractivity contribution in [3.63, 3.8) is 0 Å². The van der Waals surface area contributed by atoms with Gasteiger partial charge in [-0.05, 0) is 6.07 Å². The molecule has 14 heavy (non-hydrogen) atoms. The van der Waals surface area contributed by atoms with E-state index in [9.17, 15) is 9.59 Å². The first-order valence-corrected chi connectivity index (χ1v) is 3.77. The minimum Gasteiger partial charge on any atom is -0.480 e. The van der Waals surface area contributed by atoms with E-state index in [4.69, 9.17) is 5.11 Å². The van der Waals surface area contributed by atoms with Crippen molar-refractivity contribution in [2.75, 3.05) is 6.54 Å². The highest BCUT2D eigenvalue weighted by Crippen LogP contribution is 2.02. The zero-order chi connectivity index (χ0) is 10.4. The van der Waals surface area contributed by atoms with Crippen molar-refractivity contribution in [1.82, 2.24) is 10.3 Å². The van der Waals surface area contributed by atoms with Crippen molar-refractivity contribution >= 4 is 12.1 Å². The lowest BCUT2D eigenvalue weighted by atomic mass is 10.5. The smallest absolute Gasteiger partial charge is 0.414 e. The number of ether oxygens (including phenoxy) is 1. The maximum atomic E-state index is 10.9. The number of carboxylic acids is 1. The third-order valence-electron chi connectivity index (χ3n) is 1.22. The Balaban J connectivity index is 2.38. The summed E-state index contributed by atoms with van der Waals surface area (Å²) in [5.41, 5.74) is 0. The maximum Gasteiger partial charge on any atom is 0.414 e. The molecule has 74 valence electrons. The minimum atomic E-state index is -1.14. The molecule has 0 bridgehead atoms. The number of carboxylic acid groups (broad SMARTS) is 1. The lowest BCUT2D eigenvalue weighted by Gasteiger charge is -2.02. The average molecular weight is 196 g/mol. The van der Waals surface area contributed by atoms with Gasteiger partial charge in [0, 0.05) is 12.3 Å². The van der Waals surface area contributed by atoms with Crippen LogP contribution in [0.25, 0.3) is 0 Å². The molecule has 0 aromatic carbocycles. The standard InChI is InChI=1S/C8H8N2O4/c11-7(12)5-10-8(13)14-6-3-1-2-4-9-6/h1-4H,5H2,(H,10,13)(H,11,12). The number of nitrogens with zero attached hydrogens (tertiary/aromatic N) is 1. The van der Waals surface area contributed by atoms with Crippen LogP contribution in [0, 0.1) is 0 Å². The highest BCUT2D eigenvalue weighted by atomic mass is 16.6. The van der Waals surface area contributed by atoms with Gasteiger partial charge in [-0.2, -0.15) is 0 Å². The second kappa shape index (κ2) is 4.80. The fourth-order valence-electron chi connectivity index (χ4n) is 0.686. The van der Waals surface area contributed by atoms with Crippen molar-refractivity contribution in [2.45, 2.75) is 0 Å². The fraction of sp³-hybridized carbons (Fsp3) is 0.125. The largest absolute Gasteiger partial charge is 0.480 e. The molecule has 1 aromatic rings. The molecule has 0 saturated carbocycles. The van der Waals surface area contributed by atoms with Crippen molar-refractivity contribution in [3.8, 4) is 5.88 Å². The molecule has 2 N–H and O–H groups in total. The third kappa shape index (κ3) is 3.53. The van der Waals surface area contributed by atoms with Gasteiger partial charge in [0.15, 0.2) is 0 Å². The molecular formula is C8H8N2O4. The van der Waals surface area contributed by atoms with E-state index in [-0.39, 0.29) is 5.88 Å². The molecule has 1 aromatic heterocycles. The molecule has 0 atom stereocenters. The molecule has 6 nitrogen and oxygen atoms in total. The summed E-state index contributed by atoms with van der Waals surface area (Å²) in [4.78, 5) is 24.7. The van der Waals surface area contributed by atoms with Gasteiger partial charge in [0.2, 0.25) is 5.88 Å². The Kier molecular flexibility index (Phi) is 3.42. The van der Waals surface area contributed by atoms with Crippen LogP contribution in [0.2, 0.25) is 0 Å². The first-order chi connectivity index (χ1) is 6.68. The number of aliphatic carboxylic acids is 1. The van der Waals surface area contributed by atoms with E-state index in [1.807, 2.05) is 5.32 Å². The van der Waals surface area contributed by atoms with Crippen LogP contribution in [0.5, 0.6) is 5.88 Å². The molecule has 1 heterocycles. The van der Waals surface area contributed by atoms with Gasteiger partial charge < -0.3 is 15.2 Å². The van der Waals surface area contributed by atoms with Gasteiger partial charge in [0.05, 0.1) is 0 Å². The van der Waals surface area contributed by atoms with Crippen molar-refractivity contribution in [1.29, 1.82) is 0 Å². The number of carbonyl (C=O) groups excluding carboxylic acids is 1. The number of aromatic nitrogens is 1. The van der Waals surface area contributed by atoms with Crippen LogP contribution in [0.15, 0.2) is 24.4 Å². The van der Waals surface area contributed by atoms with Gasteiger partial charge in [0.25, 0.3) is 0 Å². The number of hydrogen-bond donors (Lipinski definition) is 2. The van der Waals surface area contributed by atoms with E-state index in [0.29, 0.717) is 0 Å². The molecule has 0 aliphatic carbocycles. The Morgan fingerprint density at radius 2 is 2.29 bits per heavy atom. The van der Waals surface area contributed by atoms with E-state index in [1.54, 1.807) is 12.1 Å². The lowest BCUT2D eigenvalue weighted by molar-refractivity contribution is -0.135. The molecule has 6 heteroatoms. The van der Waals surface area contributed by atoms with Gasteiger partial charge >= 0.3 is 12.1 Å². The molecule has 0 fully saturated rings. The van der Waals surface area contributed by atoms with Crippen LogP contribution in [0.1, 0.15) is 0 Å². The van der Waals surface area contributed by atoms with Crippen molar-refractivity contribution in [2.24, 2.45) is 0 Å². The lowest BCUT2D eigenvalue weighted by Crippen LogP contribution is -2.31. The maximum absolute atomic E-state index is 10.9. The molecule has 1 amide bonds. The van der Waals surface area contributed by atoms with E-state index in [0.717, 1.165) is 0 Å². The number of hydrogen-bond acceptors (Lipinski definition) is 4. The van der Waals surface area contributed by atoms with E-state index in [1.165, 1.54) is 12.3 Å². The zero-order valence-corrected chi connectivity index (χ0v) is 7.14. The Bertz CT molecular complexity index is 325. The van der Waals surface area contributed by atoms with Crippen molar-refractivity contribution < 1.29 is 19.4 Å². The molecule has 1 rings (SSSR count). The first kappa shape index (κ1) is 9.97. The van der Waals surface area contributed by atoms with Crippen LogP contribution in [0.3, 0.4) is 0 Å². The summed E-state index contributed by atoms with van der Waals surface area (Å²) in [6.45, 7) is -0.480. The molecular weight excluding hydrogens is 188 g/mol. The van der Waals surface area contributed by atoms with Crippen LogP contribution in [-0.4, -0.2) is 28.7 Å². The third-order valence-corrected chi connectivity index (χ3v) is 1.22. The monoisotopic (exact) mass is 196 g/mol. The Hall–Kier alpha value is -2.11. The summed E-state index contributed by atoms with van der Waals surface area (Å²) >= 11 is 0. The SMILES string of the molecule is O=C(O)CNC(=O)Oc1ccccn1. The normalized spacial score (nSPS) is 9.14. The van der Waals surface area contributed by atoms with Gasteiger partial charge in [-0.1, -0.05) is 6.07 Å². The summed E-state index contributed by atoms with van der Waals surface area (Å²) in [7, 11) is 0. The van der Waals surface area contributed by atoms with E-state index in [2.05, 4.69) is 9.72 Å². The second-order valence-electron chi connectivity index (χ2n) is 2.30. The topological polar surface area (TPSA) is 88.5 Å². The summed E-state index contributed by atoms with van der Waals surface area (Å²) in [5, 5.41) is 10.3. The predicted octanol–water partition coefficient (Wildman–Crippen LogP) is 0.255. The van der Waals surface area contributed by atoms with Gasteiger partial charge in [-0.25, -0.2) is 9.78 Å².